The maximum atomic E-state index is 12.4. The molecule has 0 amide bonds. The van der Waals surface area contributed by atoms with Crippen molar-refractivity contribution < 1.29 is 13.2 Å². The summed E-state index contributed by atoms with van der Waals surface area (Å²) < 4.78 is 38.4. The van der Waals surface area contributed by atoms with Gasteiger partial charge in [0.15, 0.2) is 11.5 Å². The summed E-state index contributed by atoms with van der Waals surface area (Å²) in [4.78, 5) is 3.91. The van der Waals surface area contributed by atoms with Gasteiger partial charge in [-0.15, -0.1) is 0 Å². The van der Waals surface area contributed by atoms with Gasteiger partial charge in [0.1, 0.15) is 4.60 Å². The molecular formula is C9H5BrF3N3. The maximum absolute atomic E-state index is 12.4. The first-order valence-corrected chi connectivity index (χ1v) is 5.02. The lowest BCUT2D eigenvalue weighted by Crippen LogP contribution is -2.07. The number of aromatic nitrogens is 3. The molecule has 0 aromatic carbocycles. The highest BCUT2D eigenvalue weighted by molar-refractivity contribution is 9.10. The van der Waals surface area contributed by atoms with Crippen LogP contribution in [0.2, 0.25) is 0 Å². The molecule has 0 aliphatic rings. The summed E-state index contributed by atoms with van der Waals surface area (Å²) in [6, 6.07) is 5.82. The molecule has 0 aliphatic heterocycles. The smallest absolute Gasteiger partial charge is 0.237 e. The van der Waals surface area contributed by atoms with Gasteiger partial charge < -0.3 is 0 Å². The third kappa shape index (κ3) is 2.08. The van der Waals surface area contributed by atoms with Gasteiger partial charge in [0, 0.05) is 12.3 Å². The van der Waals surface area contributed by atoms with Crippen molar-refractivity contribution in [3.63, 3.8) is 0 Å². The summed E-state index contributed by atoms with van der Waals surface area (Å²) in [7, 11) is 0. The molecule has 0 saturated heterocycles. The molecule has 2 aromatic heterocycles. The van der Waals surface area contributed by atoms with E-state index in [0.717, 1.165) is 10.7 Å². The Balaban J connectivity index is 2.48. The fourth-order valence-electron chi connectivity index (χ4n) is 1.14. The highest BCUT2D eigenvalue weighted by atomic mass is 79.9. The molecule has 16 heavy (non-hydrogen) atoms. The van der Waals surface area contributed by atoms with Crippen LogP contribution in [-0.4, -0.2) is 14.8 Å². The predicted molar refractivity (Wildman–Crippen MR) is 54.1 cm³/mol. The largest absolute Gasteiger partial charge is 0.435 e. The van der Waals surface area contributed by atoms with Crippen LogP contribution in [0, 0.1) is 0 Å². The number of hydrogen-bond acceptors (Lipinski definition) is 2. The van der Waals surface area contributed by atoms with E-state index in [-0.39, 0.29) is 4.60 Å². The highest BCUT2D eigenvalue weighted by Crippen LogP contribution is 2.30. The van der Waals surface area contributed by atoms with E-state index < -0.39 is 11.9 Å². The minimum Gasteiger partial charge on any atom is -0.237 e. The van der Waals surface area contributed by atoms with Gasteiger partial charge in [-0.3, -0.25) is 0 Å². The van der Waals surface area contributed by atoms with Crippen LogP contribution >= 0.6 is 15.9 Å². The number of halogens is 4. The zero-order valence-corrected chi connectivity index (χ0v) is 9.33. The van der Waals surface area contributed by atoms with E-state index in [1.54, 1.807) is 18.2 Å². The number of alkyl halides is 3. The first kappa shape index (κ1) is 11.1. The molecule has 0 unspecified atom stereocenters. The number of hydrogen-bond donors (Lipinski definition) is 0. The fourth-order valence-corrected chi connectivity index (χ4v) is 1.61. The predicted octanol–water partition coefficient (Wildman–Crippen LogP) is 3.05. The van der Waals surface area contributed by atoms with Gasteiger partial charge >= 0.3 is 6.18 Å². The fraction of sp³-hybridized carbons (Fsp3) is 0.111. The van der Waals surface area contributed by atoms with E-state index in [4.69, 9.17) is 0 Å². The molecule has 0 atom stereocenters. The molecule has 0 aliphatic carbocycles. The molecule has 84 valence electrons. The van der Waals surface area contributed by atoms with Gasteiger partial charge in [-0.25, -0.2) is 9.67 Å². The lowest BCUT2D eigenvalue weighted by Gasteiger charge is -2.02. The van der Waals surface area contributed by atoms with Gasteiger partial charge in [0.25, 0.3) is 0 Å². The Morgan fingerprint density at radius 2 is 2.00 bits per heavy atom. The van der Waals surface area contributed by atoms with Crippen LogP contribution in [0.3, 0.4) is 0 Å². The van der Waals surface area contributed by atoms with Crippen molar-refractivity contribution in [3.8, 4) is 5.82 Å². The van der Waals surface area contributed by atoms with Crippen molar-refractivity contribution >= 4 is 15.9 Å². The maximum Gasteiger partial charge on any atom is 0.435 e. The molecule has 3 nitrogen and oxygen atoms in total. The van der Waals surface area contributed by atoms with Crippen molar-refractivity contribution in [1.82, 2.24) is 14.8 Å². The quantitative estimate of drug-likeness (QED) is 0.808. The third-order valence-electron chi connectivity index (χ3n) is 1.82. The molecule has 0 spiro atoms. The van der Waals surface area contributed by atoms with Crippen LogP contribution in [0.25, 0.3) is 5.82 Å². The zero-order chi connectivity index (χ0) is 11.8. The van der Waals surface area contributed by atoms with Crippen LogP contribution in [0.5, 0.6) is 0 Å². The topological polar surface area (TPSA) is 30.7 Å². The number of nitrogens with zero attached hydrogens (tertiary/aromatic N) is 3. The standard InChI is InChI=1S/C9H5BrF3N3/c10-7-5-6(9(11,12)13)15-16(7)8-3-1-2-4-14-8/h1-5H. The van der Waals surface area contributed by atoms with Crippen molar-refractivity contribution in [2.24, 2.45) is 0 Å². The molecule has 0 N–H and O–H groups in total. The van der Waals surface area contributed by atoms with Gasteiger partial charge in [-0.05, 0) is 28.1 Å². The second-order valence-corrected chi connectivity index (χ2v) is 3.76. The average molecular weight is 292 g/mol. The number of rotatable bonds is 1. The minimum absolute atomic E-state index is 0.207. The Kier molecular flexibility index (Phi) is 2.71. The van der Waals surface area contributed by atoms with Gasteiger partial charge in [0.2, 0.25) is 0 Å². The van der Waals surface area contributed by atoms with Gasteiger partial charge in [-0.2, -0.15) is 18.3 Å². The highest BCUT2D eigenvalue weighted by Gasteiger charge is 2.34. The van der Waals surface area contributed by atoms with Crippen molar-refractivity contribution in [1.29, 1.82) is 0 Å². The Bertz CT molecular complexity index is 492. The summed E-state index contributed by atoms with van der Waals surface area (Å²) in [5.41, 5.74) is -0.954. The SMILES string of the molecule is FC(F)(F)c1cc(Br)n(-c2ccccn2)n1. The molecule has 7 heteroatoms. The van der Waals surface area contributed by atoms with Crippen LogP contribution in [0.15, 0.2) is 35.1 Å². The van der Waals surface area contributed by atoms with Crippen molar-refractivity contribution in [2.75, 3.05) is 0 Å². The Hall–Kier alpha value is -1.37. The first-order chi connectivity index (χ1) is 7.48. The monoisotopic (exact) mass is 291 g/mol. The van der Waals surface area contributed by atoms with Crippen molar-refractivity contribution in [2.45, 2.75) is 6.18 Å². The van der Waals surface area contributed by atoms with Crippen LogP contribution in [0.1, 0.15) is 5.69 Å². The summed E-state index contributed by atoms with van der Waals surface area (Å²) >= 11 is 3.01. The van der Waals surface area contributed by atoms with Gasteiger partial charge in [-0.1, -0.05) is 6.07 Å². The van der Waals surface area contributed by atoms with Gasteiger partial charge in [0.05, 0.1) is 0 Å². The summed E-state index contributed by atoms with van der Waals surface area (Å²) in [6.07, 6.45) is -2.97. The van der Waals surface area contributed by atoms with Crippen LogP contribution in [0.4, 0.5) is 13.2 Å². The molecule has 0 saturated carbocycles. The lowest BCUT2D eigenvalue weighted by molar-refractivity contribution is -0.141. The summed E-state index contributed by atoms with van der Waals surface area (Å²) in [6.45, 7) is 0. The van der Waals surface area contributed by atoms with E-state index in [2.05, 4.69) is 26.0 Å². The summed E-state index contributed by atoms with van der Waals surface area (Å²) in [5, 5.41) is 3.43. The van der Waals surface area contributed by atoms with Crippen LogP contribution in [-0.2, 0) is 6.18 Å². The lowest BCUT2D eigenvalue weighted by atomic mass is 10.4. The van der Waals surface area contributed by atoms with Crippen LogP contribution < -0.4 is 0 Å². The average Bonchev–Trinajstić information content (AvgIpc) is 2.61. The summed E-state index contributed by atoms with van der Waals surface area (Å²) in [5.74, 6) is 0.324. The van der Waals surface area contributed by atoms with E-state index in [9.17, 15) is 13.2 Å². The molecular weight excluding hydrogens is 287 g/mol. The third-order valence-corrected chi connectivity index (χ3v) is 2.39. The second kappa shape index (κ2) is 3.89. The first-order valence-electron chi connectivity index (χ1n) is 4.22. The molecule has 0 bridgehead atoms. The second-order valence-electron chi connectivity index (χ2n) is 2.95. The zero-order valence-electron chi connectivity index (χ0n) is 7.74. The molecule has 0 fully saturated rings. The number of pyridine rings is 1. The molecule has 2 heterocycles. The van der Waals surface area contributed by atoms with Crippen molar-refractivity contribution in [3.05, 3.63) is 40.8 Å². The molecule has 2 rings (SSSR count). The Morgan fingerprint density at radius 1 is 1.25 bits per heavy atom. The van der Waals surface area contributed by atoms with E-state index in [1.165, 1.54) is 6.20 Å². The van der Waals surface area contributed by atoms with E-state index in [0.29, 0.717) is 5.82 Å². The molecule has 0 radical (unpaired) electrons. The molecule has 2 aromatic rings. The Morgan fingerprint density at radius 3 is 2.50 bits per heavy atom. The van der Waals surface area contributed by atoms with E-state index >= 15 is 0 Å². The normalized spacial score (nSPS) is 11.8. The minimum atomic E-state index is -4.46. The van der Waals surface area contributed by atoms with E-state index in [1.807, 2.05) is 0 Å². The Labute approximate surface area is 97.0 Å².